The molecule has 0 spiro atoms. The first kappa shape index (κ1) is 19.3. The van der Waals surface area contributed by atoms with Gasteiger partial charge in [0.15, 0.2) is 0 Å². The monoisotopic (exact) mass is 408 g/mol. The van der Waals surface area contributed by atoms with Crippen molar-refractivity contribution in [3.8, 4) is 10.6 Å². The summed E-state index contributed by atoms with van der Waals surface area (Å²) in [6, 6.07) is 8.80. The Labute approximate surface area is 178 Å². The van der Waals surface area contributed by atoms with Crippen LogP contribution in [0.15, 0.2) is 24.3 Å². The van der Waals surface area contributed by atoms with E-state index >= 15 is 0 Å². The average Bonchev–Trinajstić information content (AvgIpc) is 3.09. The molecule has 4 aliphatic carbocycles. The van der Waals surface area contributed by atoms with E-state index in [1.807, 2.05) is 6.92 Å². The number of benzene rings is 1. The van der Waals surface area contributed by atoms with Crippen molar-refractivity contribution in [2.45, 2.75) is 71.8 Å². The van der Waals surface area contributed by atoms with Gasteiger partial charge in [0.2, 0.25) is 0 Å². The van der Waals surface area contributed by atoms with E-state index in [1.165, 1.54) is 55.4 Å². The van der Waals surface area contributed by atoms with Crippen molar-refractivity contribution in [1.29, 1.82) is 0 Å². The van der Waals surface area contributed by atoms with Crippen LogP contribution in [0.4, 0.5) is 0 Å². The molecule has 0 saturated heterocycles. The highest BCUT2D eigenvalue weighted by Crippen LogP contribution is 2.61. The standard InChI is InChI=1S/C25H32N2OS/c1-4-17-5-7-21(8-6-17)24-26-15(2)22(29-24)23(28)27-16(3)25-12-18-9-19(13-25)11-20(10-18)14-25/h5-8,16,18-20H,4,9-14H2,1-3H3,(H,27,28)/t16-,18?,19?,20?,25?/m0/s1. The number of amides is 1. The van der Waals surface area contributed by atoms with Gasteiger partial charge in [-0.3, -0.25) is 4.79 Å². The molecule has 1 heterocycles. The largest absolute Gasteiger partial charge is 0.348 e. The fourth-order valence-electron chi connectivity index (χ4n) is 6.74. The van der Waals surface area contributed by atoms with Crippen LogP contribution < -0.4 is 5.32 Å². The zero-order valence-electron chi connectivity index (χ0n) is 17.8. The van der Waals surface area contributed by atoms with Gasteiger partial charge < -0.3 is 5.32 Å². The number of carbonyl (C=O) groups is 1. The summed E-state index contributed by atoms with van der Waals surface area (Å²) >= 11 is 1.53. The Morgan fingerprint density at radius 1 is 1.14 bits per heavy atom. The number of rotatable bonds is 5. The molecule has 1 aromatic carbocycles. The number of hydrogen-bond acceptors (Lipinski definition) is 3. The number of nitrogens with one attached hydrogen (secondary N) is 1. The molecule has 1 amide bonds. The van der Waals surface area contributed by atoms with Gasteiger partial charge in [0, 0.05) is 11.6 Å². The predicted molar refractivity (Wildman–Crippen MR) is 119 cm³/mol. The SMILES string of the molecule is CCc1ccc(-c2nc(C)c(C(=O)N[C@@H](C)C34CC5CC(CC(C5)C3)C4)s2)cc1. The summed E-state index contributed by atoms with van der Waals surface area (Å²) in [6.07, 6.45) is 9.30. The van der Waals surface area contributed by atoms with Crippen molar-refractivity contribution in [2.24, 2.45) is 23.2 Å². The molecule has 4 bridgehead atoms. The normalized spacial score (nSPS) is 31.1. The lowest BCUT2D eigenvalue weighted by Gasteiger charge is -2.59. The molecule has 1 N–H and O–H groups in total. The Morgan fingerprint density at radius 3 is 2.28 bits per heavy atom. The van der Waals surface area contributed by atoms with Crippen molar-refractivity contribution in [2.75, 3.05) is 0 Å². The summed E-state index contributed by atoms with van der Waals surface area (Å²) in [6.45, 7) is 6.38. The third-order valence-corrected chi connectivity index (χ3v) is 9.17. The van der Waals surface area contributed by atoms with Crippen LogP contribution in [0, 0.1) is 30.1 Å². The molecule has 3 nitrogen and oxygen atoms in total. The average molecular weight is 409 g/mol. The van der Waals surface area contributed by atoms with Crippen LogP contribution in [0.3, 0.4) is 0 Å². The Hall–Kier alpha value is -1.68. The minimum absolute atomic E-state index is 0.0691. The topological polar surface area (TPSA) is 42.0 Å². The van der Waals surface area contributed by atoms with Crippen LogP contribution in [0.5, 0.6) is 0 Å². The Balaban J connectivity index is 1.32. The highest BCUT2D eigenvalue weighted by atomic mass is 32.1. The van der Waals surface area contributed by atoms with E-state index in [2.05, 4.69) is 43.4 Å². The number of aromatic nitrogens is 1. The second-order valence-electron chi connectivity index (χ2n) is 9.96. The van der Waals surface area contributed by atoms with Gasteiger partial charge in [-0.15, -0.1) is 11.3 Å². The zero-order chi connectivity index (χ0) is 20.2. The Kier molecular flexibility index (Phi) is 4.81. The van der Waals surface area contributed by atoms with Crippen molar-refractivity contribution in [3.05, 3.63) is 40.4 Å². The smallest absolute Gasteiger partial charge is 0.263 e. The second-order valence-corrected chi connectivity index (χ2v) is 11.0. The van der Waals surface area contributed by atoms with Gasteiger partial charge in [-0.1, -0.05) is 31.2 Å². The van der Waals surface area contributed by atoms with Crippen LogP contribution >= 0.6 is 11.3 Å². The molecule has 4 aliphatic rings. The van der Waals surface area contributed by atoms with Gasteiger partial charge in [-0.2, -0.15) is 0 Å². The lowest BCUT2D eigenvalue weighted by atomic mass is 9.48. The fraction of sp³-hybridized carbons (Fsp3) is 0.600. The number of aryl methyl sites for hydroxylation is 2. The molecule has 0 radical (unpaired) electrons. The van der Waals surface area contributed by atoms with Crippen LogP contribution in [-0.2, 0) is 6.42 Å². The van der Waals surface area contributed by atoms with E-state index in [9.17, 15) is 4.79 Å². The van der Waals surface area contributed by atoms with Gasteiger partial charge in [-0.25, -0.2) is 4.98 Å². The summed E-state index contributed by atoms with van der Waals surface area (Å²) in [7, 11) is 0. The Morgan fingerprint density at radius 2 is 1.72 bits per heavy atom. The molecule has 0 aliphatic heterocycles. The molecule has 0 unspecified atom stereocenters. The van der Waals surface area contributed by atoms with Crippen LogP contribution in [0.2, 0.25) is 0 Å². The molecule has 4 heteroatoms. The van der Waals surface area contributed by atoms with Gasteiger partial charge in [0.1, 0.15) is 9.88 Å². The third-order valence-electron chi connectivity index (χ3n) is 7.96. The molecule has 154 valence electrons. The Bertz CT molecular complexity index is 878. The van der Waals surface area contributed by atoms with E-state index < -0.39 is 0 Å². The van der Waals surface area contributed by atoms with E-state index in [4.69, 9.17) is 4.98 Å². The van der Waals surface area contributed by atoms with Gasteiger partial charge in [-0.05, 0) is 87.5 Å². The van der Waals surface area contributed by atoms with E-state index in [0.29, 0.717) is 5.41 Å². The van der Waals surface area contributed by atoms with Crippen LogP contribution in [-0.4, -0.2) is 16.9 Å². The minimum atomic E-state index is 0.0691. The van der Waals surface area contributed by atoms with E-state index in [0.717, 1.165) is 45.3 Å². The quantitative estimate of drug-likeness (QED) is 0.658. The van der Waals surface area contributed by atoms with Crippen molar-refractivity contribution in [3.63, 3.8) is 0 Å². The summed E-state index contributed by atoms with van der Waals surface area (Å²) in [5, 5.41) is 4.35. The lowest BCUT2D eigenvalue weighted by Crippen LogP contribution is -2.55. The molecular formula is C25H32N2OS. The van der Waals surface area contributed by atoms with Crippen LogP contribution in [0.1, 0.15) is 73.3 Å². The summed E-state index contributed by atoms with van der Waals surface area (Å²) in [5.41, 5.74) is 3.61. The molecule has 4 fully saturated rings. The second kappa shape index (κ2) is 7.23. The van der Waals surface area contributed by atoms with E-state index in [-0.39, 0.29) is 11.9 Å². The van der Waals surface area contributed by atoms with Gasteiger partial charge >= 0.3 is 0 Å². The fourth-order valence-corrected chi connectivity index (χ4v) is 7.71. The zero-order valence-corrected chi connectivity index (χ0v) is 18.6. The number of carbonyl (C=O) groups excluding carboxylic acids is 1. The molecule has 1 aromatic heterocycles. The maximum atomic E-state index is 13.2. The molecule has 2 aromatic rings. The predicted octanol–water partition coefficient (Wildman–Crippen LogP) is 6.02. The van der Waals surface area contributed by atoms with Crippen LogP contribution in [0.25, 0.3) is 10.6 Å². The summed E-state index contributed by atoms with van der Waals surface area (Å²) in [5.74, 6) is 2.79. The van der Waals surface area contributed by atoms with Gasteiger partial charge in [0.05, 0.1) is 5.69 Å². The molecule has 1 atom stereocenters. The minimum Gasteiger partial charge on any atom is -0.348 e. The van der Waals surface area contributed by atoms with E-state index in [1.54, 1.807) is 0 Å². The molecule has 4 saturated carbocycles. The highest BCUT2D eigenvalue weighted by molar-refractivity contribution is 7.17. The molecule has 29 heavy (non-hydrogen) atoms. The number of nitrogens with zero attached hydrogens (tertiary/aromatic N) is 1. The lowest BCUT2D eigenvalue weighted by molar-refractivity contribution is -0.0687. The highest BCUT2D eigenvalue weighted by Gasteiger charge is 2.53. The maximum Gasteiger partial charge on any atom is 0.263 e. The summed E-state index contributed by atoms with van der Waals surface area (Å²) < 4.78 is 0. The molecule has 6 rings (SSSR count). The first-order valence-electron chi connectivity index (χ1n) is 11.3. The number of thiazole rings is 1. The summed E-state index contributed by atoms with van der Waals surface area (Å²) in [4.78, 5) is 18.7. The first-order valence-corrected chi connectivity index (χ1v) is 12.1. The maximum absolute atomic E-state index is 13.2. The number of hydrogen-bond donors (Lipinski definition) is 1. The first-order chi connectivity index (χ1) is 14.0. The van der Waals surface area contributed by atoms with Gasteiger partial charge in [0.25, 0.3) is 5.91 Å². The van der Waals surface area contributed by atoms with Crippen molar-refractivity contribution in [1.82, 2.24) is 10.3 Å². The molecular weight excluding hydrogens is 376 g/mol. The van der Waals surface area contributed by atoms with Crippen molar-refractivity contribution >= 4 is 17.2 Å². The van der Waals surface area contributed by atoms with Crippen molar-refractivity contribution < 1.29 is 4.79 Å². The third kappa shape index (κ3) is 3.43.